The highest BCUT2D eigenvalue weighted by molar-refractivity contribution is 6.34. The first kappa shape index (κ1) is 11.9. The van der Waals surface area contributed by atoms with E-state index < -0.39 is 0 Å². The van der Waals surface area contributed by atoms with Crippen molar-refractivity contribution in [1.82, 2.24) is 0 Å². The number of Topliss-reactive ketones (excluding diaryl/α,β-unsaturated/α-hetero) is 2. The summed E-state index contributed by atoms with van der Waals surface area (Å²) in [7, 11) is 1.41. The molecule has 0 aliphatic rings. The molecule has 4 heteroatoms. The van der Waals surface area contributed by atoms with Gasteiger partial charge in [0.2, 0.25) is 0 Å². The number of halogens is 1. The number of carbonyl (C=O) groups is 2. The van der Waals surface area contributed by atoms with Gasteiger partial charge in [-0.2, -0.15) is 0 Å². The van der Waals surface area contributed by atoms with Crippen LogP contribution in [0, 0.1) is 0 Å². The van der Waals surface area contributed by atoms with Crippen molar-refractivity contribution in [3.8, 4) is 0 Å². The van der Waals surface area contributed by atoms with E-state index in [1.807, 2.05) is 0 Å². The van der Waals surface area contributed by atoms with Crippen molar-refractivity contribution in [2.75, 3.05) is 13.7 Å². The van der Waals surface area contributed by atoms with Gasteiger partial charge >= 0.3 is 0 Å². The van der Waals surface area contributed by atoms with Crippen LogP contribution in [0.5, 0.6) is 0 Å². The minimum atomic E-state index is -0.275. The number of rotatable bonds is 5. The van der Waals surface area contributed by atoms with E-state index in [0.717, 1.165) is 0 Å². The van der Waals surface area contributed by atoms with Gasteiger partial charge in [-0.1, -0.05) is 23.7 Å². The summed E-state index contributed by atoms with van der Waals surface area (Å²) < 4.78 is 4.64. The predicted molar refractivity (Wildman–Crippen MR) is 57.3 cm³/mol. The number of hydrogen-bond acceptors (Lipinski definition) is 3. The fourth-order valence-electron chi connectivity index (χ4n) is 1.17. The fraction of sp³-hybridized carbons (Fsp3) is 0.273. The van der Waals surface area contributed by atoms with Crippen LogP contribution in [0.2, 0.25) is 5.02 Å². The maximum atomic E-state index is 11.6. The molecule has 0 aliphatic carbocycles. The first-order chi connectivity index (χ1) is 7.15. The predicted octanol–water partition coefficient (Wildman–Crippen LogP) is 2.13. The zero-order chi connectivity index (χ0) is 11.3. The number of ether oxygens (including phenoxy) is 1. The van der Waals surface area contributed by atoms with Crippen LogP contribution in [-0.2, 0) is 9.53 Å². The van der Waals surface area contributed by atoms with Crippen LogP contribution in [0.4, 0.5) is 0 Å². The summed E-state index contributed by atoms with van der Waals surface area (Å²) in [5, 5.41) is 0.368. The van der Waals surface area contributed by atoms with Gasteiger partial charge in [0.05, 0.1) is 11.4 Å². The van der Waals surface area contributed by atoms with Crippen LogP contribution in [0.15, 0.2) is 24.3 Å². The molecule has 80 valence electrons. The Morgan fingerprint density at radius 2 is 2.00 bits per heavy atom. The second-order valence-corrected chi connectivity index (χ2v) is 3.46. The summed E-state index contributed by atoms with van der Waals surface area (Å²) in [4.78, 5) is 22.7. The minimum Gasteiger partial charge on any atom is -0.377 e. The second kappa shape index (κ2) is 5.63. The van der Waals surface area contributed by atoms with Crippen molar-refractivity contribution < 1.29 is 14.3 Å². The Labute approximate surface area is 93.0 Å². The number of carbonyl (C=O) groups excluding carboxylic acids is 2. The fourth-order valence-corrected chi connectivity index (χ4v) is 1.41. The molecule has 0 aliphatic heterocycles. The Morgan fingerprint density at radius 1 is 1.33 bits per heavy atom. The van der Waals surface area contributed by atoms with E-state index in [1.165, 1.54) is 7.11 Å². The highest BCUT2D eigenvalue weighted by atomic mass is 35.5. The second-order valence-electron chi connectivity index (χ2n) is 3.05. The highest BCUT2D eigenvalue weighted by Crippen LogP contribution is 2.16. The molecule has 1 rings (SSSR count). The Bertz CT molecular complexity index is 374. The van der Waals surface area contributed by atoms with Crippen LogP contribution >= 0.6 is 11.6 Å². The maximum Gasteiger partial charge on any atom is 0.171 e. The SMILES string of the molecule is COCC(=O)CC(=O)c1ccccc1Cl. The Hall–Kier alpha value is -1.19. The molecule has 1 aromatic rings. The molecule has 1 aromatic carbocycles. The molecule has 0 aromatic heterocycles. The smallest absolute Gasteiger partial charge is 0.171 e. The number of methoxy groups -OCH3 is 1. The monoisotopic (exact) mass is 226 g/mol. The molecule has 0 amide bonds. The van der Waals surface area contributed by atoms with Gasteiger partial charge < -0.3 is 4.74 Å². The molecule has 0 saturated carbocycles. The third kappa shape index (κ3) is 3.46. The van der Waals surface area contributed by atoms with Crippen LogP contribution in [-0.4, -0.2) is 25.3 Å². The Balaban J connectivity index is 2.70. The number of benzene rings is 1. The normalized spacial score (nSPS) is 10.0. The van der Waals surface area contributed by atoms with Crippen molar-refractivity contribution in [3.63, 3.8) is 0 Å². The van der Waals surface area contributed by atoms with Gasteiger partial charge in [-0.15, -0.1) is 0 Å². The molecule has 3 nitrogen and oxygen atoms in total. The third-order valence-corrected chi connectivity index (χ3v) is 2.17. The summed E-state index contributed by atoms with van der Waals surface area (Å²) in [5.74, 6) is -0.523. The van der Waals surface area contributed by atoms with Crippen LogP contribution in [0.3, 0.4) is 0 Å². The van der Waals surface area contributed by atoms with Gasteiger partial charge in [-0.25, -0.2) is 0 Å². The Kier molecular flexibility index (Phi) is 4.46. The van der Waals surface area contributed by atoms with Crippen LogP contribution < -0.4 is 0 Å². The lowest BCUT2D eigenvalue weighted by atomic mass is 10.1. The quantitative estimate of drug-likeness (QED) is 0.571. The van der Waals surface area contributed by atoms with Crippen molar-refractivity contribution in [2.24, 2.45) is 0 Å². The molecule has 0 N–H and O–H groups in total. The van der Waals surface area contributed by atoms with Gasteiger partial charge in [0, 0.05) is 12.7 Å². The summed E-state index contributed by atoms with van der Waals surface area (Å²) in [5.41, 5.74) is 0.378. The van der Waals surface area contributed by atoms with Crippen molar-refractivity contribution in [1.29, 1.82) is 0 Å². The molecule has 0 bridgehead atoms. The van der Waals surface area contributed by atoms with E-state index in [1.54, 1.807) is 24.3 Å². The Morgan fingerprint density at radius 3 is 2.60 bits per heavy atom. The van der Waals surface area contributed by atoms with Gasteiger partial charge in [-0.05, 0) is 12.1 Å². The first-order valence-electron chi connectivity index (χ1n) is 4.43. The number of hydrogen-bond donors (Lipinski definition) is 0. The van der Waals surface area contributed by atoms with Crippen molar-refractivity contribution in [3.05, 3.63) is 34.9 Å². The lowest BCUT2D eigenvalue weighted by molar-refractivity contribution is -0.121. The molecule has 0 heterocycles. The summed E-state index contributed by atoms with van der Waals surface area (Å²) in [6.07, 6.45) is -0.169. The lowest BCUT2D eigenvalue weighted by Crippen LogP contribution is -2.13. The molecule has 0 atom stereocenters. The van der Waals surface area contributed by atoms with E-state index >= 15 is 0 Å². The zero-order valence-electron chi connectivity index (χ0n) is 8.33. The minimum absolute atomic E-state index is 0.0454. The maximum absolute atomic E-state index is 11.6. The number of ketones is 2. The van der Waals surface area contributed by atoms with E-state index in [9.17, 15) is 9.59 Å². The zero-order valence-corrected chi connectivity index (χ0v) is 9.08. The summed E-state index contributed by atoms with van der Waals surface area (Å²) in [6, 6.07) is 6.66. The van der Waals surface area contributed by atoms with Crippen molar-refractivity contribution >= 4 is 23.2 Å². The van der Waals surface area contributed by atoms with E-state index in [4.69, 9.17) is 11.6 Å². The van der Waals surface area contributed by atoms with E-state index in [-0.39, 0.29) is 24.6 Å². The topological polar surface area (TPSA) is 43.4 Å². The molecule has 0 radical (unpaired) electrons. The first-order valence-corrected chi connectivity index (χ1v) is 4.81. The average molecular weight is 227 g/mol. The standard InChI is InChI=1S/C11H11ClO3/c1-15-7-8(13)6-11(14)9-4-2-3-5-10(9)12/h2-5H,6-7H2,1H3. The van der Waals surface area contributed by atoms with Crippen LogP contribution in [0.1, 0.15) is 16.8 Å². The van der Waals surface area contributed by atoms with Gasteiger partial charge in [0.1, 0.15) is 6.61 Å². The largest absolute Gasteiger partial charge is 0.377 e. The van der Waals surface area contributed by atoms with Crippen molar-refractivity contribution in [2.45, 2.75) is 6.42 Å². The van der Waals surface area contributed by atoms with Gasteiger partial charge in [0.25, 0.3) is 0 Å². The highest BCUT2D eigenvalue weighted by Gasteiger charge is 2.13. The molecular formula is C11H11ClO3. The van der Waals surface area contributed by atoms with E-state index in [2.05, 4.69) is 4.74 Å². The average Bonchev–Trinajstić information content (AvgIpc) is 2.18. The molecule has 15 heavy (non-hydrogen) atoms. The molecular weight excluding hydrogens is 216 g/mol. The third-order valence-electron chi connectivity index (χ3n) is 1.84. The summed E-state index contributed by atoms with van der Waals surface area (Å²) >= 11 is 5.82. The lowest BCUT2D eigenvalue weighted by Gasteiger charge is -2.02. The van der Waals surface area contributed by atoms with Gasteiger partial charge in [0.15, 0.2) is 11.6 Å². The molecule has 0 spiro atoms. The van der Waals surface area contributed by atoms with Crippen LogP contribution in [0.25, 0.3) is 0 Å². The molecule has 0 fully saturated rings. The molecule has 0 unspecified atom stereocenters. The molecule has 0 saturated heterocycles. The summed E-state index contributed by atoms with van der Waals surface area (Å²) in [6.45, 7) is -0.0454. The van der Waals surface area contributed by atoms with Gasteiger partial charge in [-0.3, -0.25) is 9.59 Å². The van der Waals surface area contributed by atoms with E-state index in [0.29, 0.717) is 10.6 Å².